The lowest BCUT2D eigenvalue weighted by Gasteiger charge is -2.09. The maximum Gasteiger partial charge on any atom is 0.361 e. The molecule has 0 aromatic rings. The molecule has 7 heteroatoms. The molecule has 0 aromatic carbocycles. The molecule has 0 rings (SSSR count). The highest BCUT2D eigenvalue weighted by atomic mass is 32.1. The van der Waals surface area contributed by atoms with Crippen molar-refractivity contribution in [3.8, 4) is 0 Å². The molecule has 0 radical (unpaired) electrons. The first-order chi connectivity index (χ1) is 5.61. The van der Waals surface area contributed by atoms with Gasteiger partial charge in [-0.15, -0.1) is 4.91 Å². The van der Waals surface area contributed by atoms with Crippen LogP contribution in [0.4, 0.5) is 0 Å². The van der Waals surface area contributed by atoms with Gasteiger partial charge in [-0.2, -0.15) is 12.6 Å². The van der Waals surface area contributed by atoms with E-state index < -0.39 is 17.9 Å². The summed E-state index contributed by atoms with van der Waals surface area (Å²) in [6.45, 7) is 1.23. The lowest BCUT2D eigenvalue weighted by Crippen LogP contribution is -2.41. The number of rotatable bonds is 4. The first-order valence-electron chi connectivity index (χ1n) is 3.03. The molecule has 0 aliphatic heterocycles. The first kappa shape index (κ1) is 10.9. The predicted octanol–water partition coefficient (Wildman–Crippen LogP) is -0.354. The second kappa shape index (κ2) is 5.53. The van der Waals surface area contributed by atoms with Crippen LogP contribution in [0.3, 0.4) is 0 Å². The van der Waals surface area contributed by atoms with Crippen LogP contribution in [0, 0.1) is 4.91 Å². The highest BCUT2D eigenvalue weighted by molar-refractivity contribution is 7.80. The van der Waals surface area contributed by atoms with Crippen LogP contribution in [0.25, 0.3) is 0 Å². The van der Waals surface area contributed by atoms with E-state index in [1.54, 1.807) is 0 Å². The summed E-state index contributed by atoms with van der Waals surface area (Å²) in [7, 11) is 0. The van der Waals surface area contributed by atoms with Crippen molar-refractivity contribution < 1.29 is 14.4 Å². The molecule has 68 valence electrons. The van der Waals surface area contributed by atoms with E-state index in [4.69, 9.17) is 0 Å². The van der Waals surface area contributed by atoms with Crippen molar-refractivity contribution in [2.24, 2.45) is 5.34 Å². The fraction of sp³-hybridized carbons (Fsp3) is 0.600. The van der Waals surface area contributed by atoms with E-state index >= 15 is 0 Å². The summed E-state index contributed by atoms with van der Waals surface area (Å²) in [5, 5.41) is 4.15. The standard InChI is InChI=1S/C5H8N2O4S/c1-3(8)6-4(2-12)5(9)11-7-10/h4,12H,2H2,1H3,(H,6,8)/t4-/m0/s1. The van der Waals surface area contributed by atoms with Gasteiger partial charge in [0.1, 0.15) is 6.04 Å². The van der Waals surface area contributed by atoms with Gasteiger partial charge in [0.15, 0.2) is 5.34 Å². The Labute approximate surface area is 74.0 Å². The van der Waals surface area contributed by atoms with Crippen LogP contribution in [-0.2, 0) is 14.4 Å². The molecular weight excluding hydrogens is 184 g/mol. The number of hydrogen-bond acceptors (Lipinski definition) is 6. The van der Waals surface area contributed by atoms with Crippen molar-refractivity contribution in [3.63, 3.8) is 0 Å². The average molecular weight is 192 g/mol. The quantitative estimate of drug-likeness (QED) is 0.362. The number of carbonyl (C=O) groups excluding carboxylic acids is 2. The van der Waals surface area contributed by atoms with Gasteiger partial charge in [0.05, 0.1) is 0 Å². The molecule has 0 heterocycles. The van der Waals surface area contributed by atoms with Crippen molar-refractivity contribution in [3.05, 3.63) is 4.91 Å². The van der Waals surface area contributed by atoms with Crippen LogP contribution in [-0.4, -0.2) is 23.7 Å². The van der Waals surface area contributed by atoms with Gasteiger partial charge < -0.3 is 5.32 Å². The third kappa shape index (κ3) is 3.91. The largest absolute Gasteiger partial charge is 0.361 e. The van der Waals surface area contributed by atoms with Gasteiger partial charge in [-0.25, -0.2) is 4.79 Å². The summed E-state index contributed by atoms with van der Waals surface area (Å²) in [4.78, 5) is 34.4. The minimum absolute atomic E-state index is 0.0495. The van der Waals surface area contributed by atoms with E-state index in [0.29, 0.717) is 0 Å². The summed E-state index contributed by atoms with van der Waals surface area (Å²) >= 11 is 3.76. The Morgan fingerprint density at radius 1 is 1.67 bits per heavy atom. The third-order valence-electron chi connectivity index (χ3n) is 0.972. The predicted molar refractivity (Wildman–Crippen MR) is 43.3 cm³/mol. The van der Waals surface area contributed by atoms with Gasteiger partial charge in [-0.3, -0.25) is 9.63 Å². The van der Waals surface area contributed by atoms with Gasteiger partial charge in [-0.05, 0) is 0 Å². The van der Waals surface area contributed by atoms with E-state index in [2.05, 4.69) is 22.8 Å². The number of thiol groups is 1. The zero-order valence-corrected chi connectivity index (χ0v) is 7.21. The summed E-state index contributed by atoms with van der Waals surface area (Å²) < 4.78 is 0. The smallest absolute Gasteiger partial charge is 0.342 e. The number of amides is 1. The topological polar surface area (TPSA) is 84.8 Å². The Morgan fingerprint density at radius 3 is 2.58 bits per heavy atom. The maximum absolute atomic E-state index is 10.7. The third-order valence-corrected chi connectivity index (χ3v) is 1.34. The molecule has 1 amide bonds. The number of carbonyl (C=O) groups is 2. The van der Waals surface area contributed by atoms with Crippen molar-refractivity contribution in [2.75, 3.05) is 5.75 Å². The highest BCUT2D eigenvalue weighted by Gasteiger charge is 2.19. The van der Waals surface area contributed by atoms with E-state index in [-0.39, 0.29) is 5.75 Å². The van der Waals surface area contributed by atoms with Crippen LogP contribution in [0.15, 0.2) is 5.34 Å². The summed E-state index contributed by atoms with van der Waals surface area (Å²) in [5.74, 6) is -1.28. The molecule has 0 saturated heterocycles. The molecule has 0 aromatic heterocycles. The fourth-order valence-corrected chi connectivity index (χ4v) is 0.765. The van der Waals surface area contributed by atoms with Crippen LogP contribution in [0.2, 0.25) is 0 Å². The minimum atomic E-state index is -0.927. The van der Waals surface area contributed by atoms with Gasteiger partial charge in [0.2, 0.25) is 5.91 Å². The maximum atomic E-state index is 10.7. The lowest BCUT2D eigenvalue weighted by molar-refractivity contribution is -0.147. The highest BCUT2D eigenvalue weighted by Crippen LogP contribution is 1.92. The first-order valence-corrected chi connectivity index (χ1v) is 3.66. The number of nitrogens with zero attached hydrogens (tertiary/aromatic N) is 1. The van der Waals surface area contributed by atoms with Gasteiger partial charge >= 0.3 is 5.97 Å². The summed E-state index contributed by atoms with van der Waals surface area (Å²) in [6, 6.07) is -0.927. The normalized spacial score (nSPS) is 11.5. The monoisotopic (exact) mass is 192 g/mol. The van der Waals surface area contributed by atoms with E-state index in [1.807, 2.05) is 5.34 Å². The molecule has 0 aliphatic carbocycles. The Morgan fingerprint density at radius 2 is 2.25 bits per heavy atom. The Hall–Kier alpha value is -1.11. The molecular formula is C5H8N2O4S. The minimum Gasteiger partial charge on any atom is -0.342 e. The Bertz CT molecular complexity index is 196. The lowest BCUT2D eigenvalue weighted by atomic mass is 10.3. The van der Waals surface area contributed by atoms with E-state index in [1.165, 1.54) is 6.92 Å². The molecule has 0 spiro atoms. The molecule has 12 heavy (non-hydrogen) atoms. The Balaban J connectivity index is 4.04. The number of nitrogens with one attached hydrogen (secondary N) is 1. The molecule has 0 aliphatic rings. The molecule has 0 fully saturated rings. The Kier molecular flexibility index (Phi) is 5.02. The molecule has 0 unspecified atom stereocenters. The van der Waals surface area contributed by atoms with Gasteiger partial charge in [0.25, 0.3) is 0 Å². The van der Waals surface area contributed by atoms with E-state index in [9.17, 15) is 14.5 Å². The average Bonchev–Trinajstić information content (AvgIpc) is 2.00. The molecule has 0 saturated carbocycles. The van der Waals surface area contributed by atoms with Crippen molar-refractivity contribution in [1.29, 1.82) is 0 Å². The van der Waals surface area contributed by atoms with Gasteiger partial charge in [-0.1, -0.05) is 0 Å². The van der Waals surface area contributed by atoms with Crippen molar-refractivity contribution >= 4 is 24.5 Å². The second-order valence-electron chi connectivity index (χ2n) is 1.92. The SMILES string of the molecule is CC(=O)N[C@@H](CS)C(=O)ON=O. The van der Waals surface area contributed by atoms with Crippen molar-refractivity contribution in [2.45, 2.75) is 13.0 Å². The second-order valence-corrected chi connectivity index (χ2v) is 2.29. The zero-order valence-electron chi connectivity index (χ0n) is 6.31. The zero-order chi connectivity index (χ0) is 9.56. The number of hydrogen-bond donors (Lipinski definition) is 2. The van der Waals surface area contributed by atoms with Gasteiger partial charge in [0, 0.05) is 12.7 Å². The van der Waals surface area contributed by atoms with Crippen LogP contribution >= 0.6 is 12.6 Å². The summed E-state index contributed by atoms with van der Waals surface area (Å²) in [5.41, 5.74) is 0. The van der Waals surface area contributed by atoms with Crippen LogP contribution in [0.5, 0.6) is 0 Å². The molecule has 1 N–H and O–H groups in total. The summed E-state index contributed by atoms with van der Waals surface area (Å²) in [6.07, 6.45) is 0. The van der Waals surface area contributed by atoms with E-state index in [0.717, 1.165) is 0 Å². The van der Waals surface area contributed by atoms with Crippen molar-refractivity contribution in [1.82, 2.24) is 5.32 Å². The van der Waals surface area contributed by atoms with Crippen LogP contribution < -0.4 is 5.32 Å². The fourth-order valence-electron chi connectivity index (χ4n) is 0.525. The molecule has 1 atom stereocenters. The van der Waals surface area contributed by atoms with Crippen LogP contribution in [0.1, 0.15) is 6.92 Å². The molecule has 6 nitrogen and oxygen atoms in total. The molecule has 0 bridgehead atoms.